The zero-order chi connectivity index (χ0) is 11.8. The third-order valence-corrected chi connectivity index (χ3v) is 3.98. The van der Waals surface area contributed by atoms with Gasteiger partial charge in [0.25, 0.3) is 0 Å². The third-order valence-electron chi connectivity index (χ3n) is 3.98. The summed E-state index contributed by atoms with van der Waals surface area (Å²) in [6, 6.07) is -0.240. The van der Waals surface area contributed by atoms with Crippen LogP contribution in [0.25, 0.3) is 0 Å². The van der Waals surface area contributed by atoms with Gasteiger partial charge < -0.3 is 10.6 Å². The van der Waals surface area contributed by atoms with Crippen LogP contribution in [0.1, 0.15) is 0 Å². The number of nitrogens with zero attached hydrogens (tertiary/aromatic N) is 2. The van der Waals surface area contributed by atoms with Gasteiger partial charge in [-0.25, -0.2) is 4.79 Å². The van der Waals surface area contributed by atoms with Crippen molar-refractivity contribution in [2.24, 2.45) is 11.8 Å². The minimum atomic E-state index is -0.240. The number of hydrogen-bond donors (Lipinski definition) is 2. The molecule has 17 heavy (non-hydrogen) atoms. The fourth-order valence-corrected chi connectivity index (χ4v) is 3.07. The molecule has 0 saturated carbocycles. The van der Waals surface area contributed by atoms with E-state index in [1.54, 1.807) is 0 Å². The van der Waals surface area contributed by atoms with Crippen molar-refractivity contribution in [3.8, 4) is 0 Å². The number of nitrogens with one attached hydrogen (secondary N) is 2. The lowest BCUT2D eigenvalue weighted by Crippen LogP contribution is -2.42. The van der Waals surface area contributed by atoms with Crippen LogP contribution in [0.4, 0.5) is 4.79 Å². The fourth-order valence-electron chi connectivity index (χ4n) is 3.07. The minimum Gasteiger partial charge on any atom is -0.336 e. The summed E-state index contributed by atoms with van der Waals surface area (Å²) in [5.41, 5.74) is 0. The van der Waals surface area contributed by atoms with Gasteiger partial charge in [0.2, 0.25) is 5.91 Å². The van der Waals surface area contributed by atoms with E-state index >= 15 is 0 Å². The standard InChI is InChI=1S/C11H18N4O2/c16-10(15-2-1-13-11(15)17)7-14-5-8-3-12-4-9(8)6-14/h8-9,12H,1-7H2,(H,13,17)/t8-,9+. The molecule has 3 amide bonds. The molecule has 6 nitrogen and oxygen atoms in total. The van der Waals surface area contributed by atoms with Gasteiger partial charge in [0, 0.05) is 26.2 Å². The van der Waals surface area contributed by atoms with Crippen molar-refractivity contribution in [1.82, 2.24) is 20.4 Å². The monoisotopic (exact) mass is 238 g/mol. The Morgan fingerprint density at radius 1 is 1.29 bits per heavy atom. The highest BCUT2D eigenvalue weighted by atomic mass is 16.2. The number of fused-ring (bicyclic) bond motifs is 1. The van der Waals surface area contributed by atoms with Crippen LogP contribution in [0.15, 0.2) is 0 Å². The first-order valence-electron chi connectivity index (χ1n) is 6.25. The first-order valence-corrected chi connectivity index (χ1v) is 6.25. The molecule has 0 spiro atoms. The van der Waals surface area contributed by atoms with Gasteiger partial charge in [-0.3, -0.25) is 14.6 Å². The van der Waals surface area contributed by atoms with Gasteiger partial charge in [0.15, 0.2) is 0 Å². The van der Waals surface area contributed by atoms with Crippen molar-refractivity contribution in [2.45, 2.75) is 0 Å². The van der Waals surface area contributed by atoms with Gasteiger partial charge in [-0.15, -0.1) is 0 Å². The molecule has 0 unspecified atom stereocenters. The summed E-state index contributed by atoms with van der Waals surface area (Å²) in [5.74, 6) is 1.32. The third kappa shape index (κ3) is 2.02. The quantitative estimate of drug-likeness (QED) is 0.627. The van der Waals surface area contributed by atoms with E-state index < -0.39 is 0 Å². The summed E-state index contributed by atoms with van der Waals surface area (Å²) in [4.78, 5) is 26.8. The largest absolute Gasteiger partial charge is 0.336 e. The van der Waals surface area contributed by atoms with Crippen LogP contribution >= 0.6 is 0 Å². The van der Waals surface area contributed by atoms with Gasteiger partial charge in [0.1, 0.15) is 0 Å². The van der Waals surface area contributed by atoms with Crippen molar-refractivity contribution in [2.75, 3.05) is 45.8 Å². The molecule has 94 valence electrons. The second-order valence-corrected chi connectivity index (χ2v) is 5.15. The van der Waals surface area contributed by atoms with Crippen molar-refractivity contribution in [1.29, 1.82) is 0 Å². The molecule has 0 aromatic carbocycles. The van der Waals surface area contributed by atoms with E-state index in [2.05, 4.69) is 15.5 Å². The van der Waals surface area contributed by atoms with Gasteiger partial charge >= 0.3 is 6.03 Å². The Balaban J connectivity index is 1.54. The zero-order valence-corrected chi connectivity index (χ0v) is 9.82. The number of imide groups is 1. The predicted octanol–water partition coefficient (Wildman–Crippen LogP) is -1.31. The lowest BCUT2D eigenvalue weighted by molar-refractivity contribution is -0.128. The van der Waals surface area contributed by atoms with Crippen LogP contribution in [0.5, 0.6) is 0 Å². The Hall–Kier alpha value is -1.14. The SMILES string of the molecule is O=C(CN1C[C@H]2CNC[C@H]2C1)N1CCNC1=O. The molecule has 3 fully saturated rings. The maximum atomic E-state index is 11.9. The molecule has 3 heterocycles. The highest BCUT2D eigenvalue weighted by Crippen LogP contribution is 2.25. The zero-order valence-electron chi connectivity index (χ0n) is 9.82. The van der Waals surface area contributed by atoms with Gasteiger partial charge in [0.05, 0.1) is 6.54 Å². The fraction of sp³-hybridized carbons (Fsp3) is 0.818. The number of amides is 3. The van der Waals surface area contributed by atoms with Crippen LogP contribution in [-0.4, -0.2) is 67.6 Å². The number of urea groups is 1. The van der Waals surface area contributed by atoms with E-state index in [1.807, 2.05) is 0 Å². The van der Waals surface area contributed by atoms with E-state index in [0.29, 0.717) is 31.5 Å². The molecule has 0 aliphatic carbocycles. The second-order valence-electron chi connectivity index (χ2n) is 5.15. The lowest BCUT2D eigenvalue weighted by atomic mass is 10.0. The molecule has 0 bridgehead atoms. The molecule has 6 heteroatoms. The normalized spacial score (nSPS) is 32.9. The van der Waals surface area contributed by atoms with Gasteiger partial charge in [-0.2, -0.15) is 0 Å². The van der Waals surface area contributed by atoms with Crippen molar-refractivity contribution in [3.05, 3.63) is 0 Å². The molecule has 0 aromatic heterocycles. The molecule has 2 atom stereocenters. The Morgan fingerprint density at radius 3 is 2.59 bits per heavy atom. The summed E-state index contributed by atoms with van der Waals surface area (Å²) < 4.78 is 0. The van der Waals surface area contributed by atoms with Crippen LogP contribution in [-0.2, 0) is 4.79 Å². The first kappa shape index (κ1) is 11.0. The number of hydrogen-bond acceptors (Lipinski definition) is 4. The molecule has 3 saturated heterocycles. The maximum Gasteiger partial charge on any atom is 0.324 e. The summed E-state index contributed by atoms with van der Waals surface area (Å²) >= 11 is 0. The van der Waals surface area contributed by atoms with Gasteiger partial charge in [-0.1, -0.05) is 0 Å². The Kier molecular flexibility index (Phi) is 2.76. The Morgan fingerprint density at radius 2 is 2.00 bits per heavy atom. The highest BCUT2D eigenvalue weighted by molar-refractivity contribution is 5.96. The maximum absolute atomic E-state index is 11.9. The average molecular weight is 238 g/mol. The highest BCUT2D eigenvalue weighted by Gasteiger charge is 2.37. The molecule has 3 rings (SSSR count). The van der Waals surface area contributed by atoms with Crippen LogP contribution < -0.4 is 10.6 Å². The Bertz CT molecular complexity index is 334. The summed E-state index contributed by atoms with van der Waals surface area (Å²) in [6.45, 7) is 5.59. The van der Waals surface area contributed by atoms with E-state index in [1.165, 1.54) is 4.90 Å². The number of carbonyl (C=O) groups is 2. The number of carbonyl (C=O) groups excluding carboxylic acids is 2. The first-order chi connectivity index (χ1) is 8.24. The number of rotatable bonds is 2. The Labute approximate surface area is 100 Å². The van der Waals surface area contributed by atoms with E-state index in [4.69, 9.17) is 0 Å². The lowest BCUT2D eigenvalue weighted by Gasteiger charge is -2.19. The average Bonchev–Trinajstić information content (AvgIpc) is 2.92. The van der Waals surface area contributed by atoms with Crippen molar-refractivity contribution < 1.29 is 9.59 Å². The molecular weight excluding hydrogens is 220 g/mol. The predicted molar refractivity (Wildman–Crippen MR) is 61.4 cm³/mol. The van der Waals surface area contributed by atoms with Crippen LogP contribution in [0.2, 0.25) is 0 Å². The molecular formula is C11H18N4O2. The van der Waals surface area contributed by atoms with Crippen LogP contribution in [0.3, 0.4) is 0 Å². The molecule has 3 aliphatic heterocycles. The van der Waals surface area contributed by atoms with Crippen LogP contribution in [0, 0.1) is 11.8 Å². The topological polar surface area (TPSA) is 64.7 Å². The minimum absolute atomic E-state index is 0.0621. The van der Waals surface area contributed by atoms with Crippen molar-refractivity contribution >= 4 is 11.9 Å². The second kappa shape index (κ2) is 4.27. The molecule has 2 N–H and O–H groups in total. The molecule has 0 radical (unpaired) electrons. The molecule has 3 aliphatic rings. The van der Waals surface area contributed by atoms with E-state index in [9.17, 15) is 9.59 Å². The van der Waals surface area contributed by atoms with E-state index in [-0.39, 0.29) is 11.9 Å². The number of likely N-dealkylation sites (tertiary alicyclic amines) is 1. The smallest absolute Gasteiger partial charge is 0.324 e. The van der Waals surface area contributed by atoms with Crippen molar-refractivity contribution in [3.63, 3.8) is 0 Å². The molecule has 0 aromatic rings. The van der Waals surface area contributed by atoms with Gasteiger partial charge in [-0.05, 0) is 24.9 Å². The summed E-state index contributed by atoms with van der Waals surface area (Å²) in [7, 11) is 0. The van der Waals surface area contributed by atoms with E-state index in [0.717, 1.165) is 26.2 Å². The summed E-state index contributed by atoms with van der Waals surface area (Å²) in [6.07, 6.45) is 0. The summed E-state index contributed by atoms with van der Waals surface area (Å²) in [5, 5.41) is 6.03.